The number of benzene rings is 3. The first kappa shape index (κ1) is 29.5. The predicted molar refractivity (Wildman–Crippen MR) is 134 cm³/mol. The van der Waals surface area contributed by atoms with Gasteiger partial charge in [0.25, 0.3) is 12.3 Å². The van der Waals surface area contributed by atoms with Crippen molar-refractivity contribution in [2.45, 2.75) is 32.8 Å². The SMILES string of the molecule is Cc1ccc(F)cc1/C(O)=c1/c(C#N)c2n3c(n(CC(F)F)c-2cc1=NC(=O)c1cc(F)cc(C(F)(F)F)c1)=NCOC3. The third kappa shape index (κ3) is 5.48. The number of amides is 1. The van der Waals surface area contributed by atoms with Gasteiger partial charge in [0.2, 0.25) is 5.62 Å². The summed E-state index contributed by atoms with van der Waals surface area (Å²) in [6, 6.07) is 7.33. The van der Waals surface area contributed by atoms with E-state index in [1.54, 1.807) is 0 Å². The first-order valence-corrected chi connectivity index (χ1v) is 12.3. The summed E-state index contributed by atoms with van der Waals surface area (Å²) in [7, 11) is 0. The molecule has 3 aliphatic rings. The van der Waals surface area contributed by atoms with Crippen molar-refractivity contribution in [1.82, 2.24) is 9.13 Å². The van der Waals surface area contributed by atoms with Gasteiger partial charge in [-0.25, -0.2) is 27.5 Å². The number of aliphatic hydroxyl groups is 1. The number of fused-ring (bicyclic) bond motifs is 3. The lowest BCUT2D eigenvalue weighted by molar-refractivity contribution is -0.137. The van der Waals surface area contributed by atoms with E-state index in [4.69, 9.17) is 4.74 Å². The van der Waals surface area contributed by atoms with Crippen LogP contribution in [-0.2, 0) is 24.2 Å². The summed E-state index contributed by atoms with van der Waals surface area (Å²) in [5.74, 6) is -4.32. The fourth-order valence-electron chi connectivity index (χ4n) is 4.79. The van der Waals surface area contributed by atoms with Gasteiger partial charge in [-0.2, -0.15) is 18.4 Å². The number of hydrogen-bond donors (Lipinski definition) is 1. The summed E-state index contributed by atoms with van der Waals surface area (Å²) >= 11 is 0. The van der Waals surface area contributed by atoms with Crippen molar-refractivity contribution in [3.05, 3.63) is 98.1 Å². The number of nitriles is 1. The highest BCUT2D eigenvalue weighted by atomic mass is 19.4. The third-order valence-corrected chi connectivity index (χ3v) is 6.64. The maximum absolute atomic E-state index is 14.2. The van der Waals surface area contributed by atoms with Crippen LogP contribution in [0.25, 0.3) is 17.1 Å². The number of alkyl halides is 5. The van der Waals surface area contributed by atoms with Crippen LogP contribution in [0.1, 0.15) is 32.6 Å². The van der Waals surface area contributed by atoms with Crippen LogP contribution in [0.3, 0.4) is 0 Å². The lowest BCUT2D eigenvalue weighted by Crippen LogP contribution is -2.34. The van der Waals surface area contributed by atoms with Crippen molar-refractivity contribution in [2.24, 2.45) is 9.98 Å². The van der Waals surface area contributed by atoms with E-state index in [1.807, 2.05) is 6.07 Å². The molecule has 0 bridgehead atoms. The van der Waals surface area contributed by atoms with E-state index in [1.165, 1.54) is 17.6 Å². The van der Waals surface area contributed by atoms with Crippen molar-refractivity contribution in [1.29, 1.82) is 5.26 Å². The Balaban J connectivity index is 1.95. The second-order valence-corrected chi connectivity index (χ2v) is 9.43. The second kappa shape index (κ2) is 11.0. The summed E-state index contributed by atoms with van der Waals surface area (Å²) in [5.41, 5.74) is -2.69. The number of aryl methyl sites for hydroxylation is 1. The molecule has 43 heavy (non-hydrogen) atoms. The number of nitrogens with zero attached hydrogens (tertiary/aromatic N) is 5. The first-order chi connectivity index (χ1) is 20.3. The van der Waals surface area contributed by atoms with E-state index in [0.717, 1.165) is 22.8 Å². The number of ether oxygens (including phenoxy) is 1. The minimum absolute atomic E-state index is 0.0335. The van der Waals surface area contributed by atoms with E-state index in [9.17, 15) is 45.9 Å². The molecule has 0 unspecified atom stereocenters. The average molecular weight is 605 g/mol. The summed E-state index contributed by atoms with van der Waals surface area (Å²) < 4.78 is 103. The van der Waals surface area contributed by atoms with Crippen LogP contribution in [0.15, 0.2) is 52.4 Å². The molecule has 0 saturated carbocycles. The molecule has 15 heteroatoms. The zero-order valence-electron chi connectivity index (χ0n) is 21.9. The van der Waals surface area contributed by atoms with Crippen LogP contribution in [-0.4, -0.2) is 33.3 Å². The van der Waals surface area contributed by atoms with Gasteiger partial charge in [-0.15, -0.1) is 0 Å². The molecule has 0 atom stereocenters. The molecule has 2 aliphatic heterocycles. The maximum Gasteiger partial charge on any atom is 0.416 e. The maximum atomic E-state index is 14.2. The van der Waals surface area contributed by atoms with Gasteiger partial charge < -0.3 is 14.4 Å². The third-order valence-electron chi connectivity index (χ3n) is 6.64. The van der Waals surface area contributed by atoms with Gasteiger partial charge in [-0.1, -0.05) is 6.07 Å². The monoisotopic (exact) mass is 605 g/mol. The fraction of sp³-hybridized carbons (Fsp3) is 0.214. The number of aromatic nitrogens is 2. The molecule has 1 N–H and O–H groups in total. The molecule has 2 aromatic carbocycles. The Bertz CT molecular complexity index is 1990. The van der Waals surface area contributed by atoms with Gasteiger partial charge in [0.15, 0.2) is 0 Å². The lowest BCUT2D eigenvalue weighted by atomic mass is 9.99. The summed E-state index contributed by atoms with van der Waals surface area (Å²) in [4.78, 5) is 21.1. The number of imidazole rings is 1. The minimum atomic E-state index is -5.01. The highest BCUT2D eigenvalue weighted by molar-refractivity contribution is 5.95. The van der Waals surface area contributed by atoms with Crippen molar-refractivity contribution in [3.63, 3.8) is 0 Å². The summed E-state index contributed by atoms with van der Waals surface area (Å²) in [5, 5.41) is 20.7. The van der Waals surface area contributed by atoms with Gasteiger partial charge in [-0.05, 0) is 48.9 Å². The number of aliphatic hydroxyl groups excluding tert-OH is 1. The van der Waals surface area contributed by atoms with Crippen molar-refractivity contribution in [3.8, 4) is 17.5 Å². The van der Waals surface area contributed by atoms with Gasteiger partial charge in [0.05, 0.1) is 39.6 Å². The van der Waals surface area contributed by atoms with E-state index < -0.39 is 69.7 Å². The Kier molecular flexibility index (Phi) is 7.57. The highest BCUT2D eigenvalue weighted by Crippen LogP contribution is 2.31. The van der Waals surface area contributed by atoms with Crippen molar-refractivity contribution >= 4 is 11.7 Å². The molecule has 222 valence electrons. The van der Waals surface area contributed by atoms with Crippen LogP contribution in [0.4, 0.5) is 30.7 Å². The quantitative estimate of drug-likeness (QED) is 0.353. The number of carbonyl (C=O) groups excluding carboxylic acids is 1. The van der Waals surface area contributed by atoms with Gasteiger partial charge in [0.1, 0.15) is 36.9 Å². The first-order valence-electron chi connectivity index (χ1n) is 12.3. The second-order valence-electron chi connectivity index (χ2n) is 9.43. The molecule has 0 saturated heterocycles. The predicted octanol–water partition coefficient (Wildman–Crippen LogP) is 4.16. The Morgan fingerprint density at radius 3 is 2.58 bits per heavy atom. The zero-order chi connectivity index (χ0) is 31.2. The Morgan fingerprint density at radius 2 is 1.91 bits per heavy atom. The number of hydrogen-bond acceptors (Lipinski definition) is 5. The summed E-state index contributed by atoms with van der Waals surface area (Å²) in [6.07, 6.45) is -7.91. The number of carbonyl (C=O) groups is 1. The van der Waals surface area contributed by atoms with Crippen LogP contribution >= 0.6 is 0 Å². The van der Waals surface area contributed by atoms with Crippen molar-refractivity contribution in [2.75, 3.05) is 6.73 Å². The van der Waals surface area contributed by atoms with E-state index in [2.05, 4.69) is 9.98 Å². The molecule has 0 radical (unpaired) electrons. The van der Waals surface area contributed by atoms with Crippen LogP contribution < -0.4 is 16.2 Å². The fourth-order valence-corrected chi connectivity index (χ4v) is 4.79. The molecular formula is C28H18F7N5O3. The molecule has 0 fully saturated rings. The summed E-state index contributed by atoms with van der Waals surface area (Å²) in [6.45, 7) is 0.145. The van der Waals surface area contributed by atoms with Gasteiger partial charge >= 0.3 is 6.18 Å². The lowest BCUT2D eigenvalue weighted by Gasteiger charge is -2.13. The zero-order valence-corrected chi connectivity index (χ0v) is 21.9. The van der Waals surface area contributed by atoms with Gasteiger partial charge in [-0.3, -0.25) is 9.36 Å². The minimum Gasteiger partial charge on any atom is -0.507 e. The smallest absolute Gasteiger partial charge is 0.416 e. The van der Waals surface area contributed by atoms with Crippen molar-refractivity contribution < 1.29 is 45.4 Å². The van der Waals surface area contributed by atoms with E-state index >= 15 is 0 Å². The Morgan fingerprint density at radius 1 is 1.16 bits per heavy atom. The van der Waals surface area contributed by atoms with E-state index in [-0.39, 0.29) is 42.1 Å². The topological polar surface area (TPSA) is 105 Å². The average Bonchev–Trinajstić information content (AvgIpc) is 3.24. The number of rotatable bonds is 4. The Hall–Kier alpha value is -4.97. The molecular weight excluding hydrogens is 587 g/mol. The largest absolute Gasteiger partial charge is 0.507 e. The molecule has 2 aromatic rings. The van der Waals surface area contributed by atoms with Crippen LogP contribution in [0.5, 0.6) is 0 Å². The molecule has 2 heterocycles. The molecule has 5 rings (SSSR count). The normalized spacial score (nSPS) is 14.5. The standard InChI is InChI=1S/C28H18F7N5O3/c1-13-2-3-16(29)7-18(13)25(41)23-19(9-36)24-21(39(10-22(31)32)27-37-11-43-12-40(24)27)8-20(23)38-26(42)14-4-15(28(33,34)35)6-17(30)5-14/h2-8,22,41H,10-12H2,1H3/b25-23+,38-20?. The van der Waals surface area contributed by atoms with E-state index in [0.29, 0.717) is 17.7 Å². The highest BCUT2D eigenvalue weighted by Gasteiger charge is 2.32. The molecule has 0 aromatic heterocycles. The number of halogens is 7. The van der Waals surface area contributed by atoms with Crippen LogP contribution in [0.2, 0.25) is 0 Å². The molecule has 8 nitrogen and oxygen atoms in total. The van der Waals surface area contributed by atoms with Crippen LogP contribution in [0, 0.1) is 29.9 Å². The molecule has 1 amide bonds. The molecule has 0 spiro atoms. The molecule has 1 aliphatic carbocycles. The van der Waals surface area contributed by atoms with Gasteiger partial charge in [0, 0.05) is 11.1 Å². The Labute approximate surface area is 236 Å².